The average molecular weight is 362 g/mol. The predicted octanol–water partition coefficient (Wildman–Crippen LogP) is 3.66. The second-order valence-corrected chi connectivity index (χ2v) is 9.23. The molecular weight excluding hydrogens is 345 g/mol. The van der Waals surface area contributed by atoms with Crippen LogP contribution in [0.2, 0.25) is 5.02 Å². The van der Waals surface area contributed by atoms with Crippen LogP contribution in [0.3, 0.4) is 0 Å². The lowest BCUT2D eigenvalue weighted by atomic mass is 10.1. The number of benzene rings is 1. The number of anilines is 1. The summed E-state index contributed by atoms with van der Waals surface area (Å²) in [5.74, 6) is -0.470. The number of nitrogens with two attached hydrogens (primary N) is 1. The van der Waals surface area contributed by atoms with Gasteiger partial charge in [0, 0.05) is 28.1 Å². The summed E-state index contributed by atoms with van der Waals surface area (Å²) in [7, 11) is 0. The van der Waals surface area contributed by atoms with Gasteiger partial charge in [-0.25, -0.2) is 9.37 Å². The number of hydrogen-bond donors (Lipinski definition) is 2. The smallest absolute Gasteiger partial charge is 0.180 e. The first-order chi connectivity index (χ1) is 10.2. The van der Waals surface area contributed by atoms with Crippen LogP contribution >= 0.6 is 22.9 Å². The van der Waals surface area contributed by atoms with Crippen LogP contribution < -0.4 is 10.5 Å². The van der Waals surface area contributed by atoms with Crippen molar-refractivity contribution in [1.29, 1.82) is 0 Å². The minimum Gasteiger partial charge on any atom is -0.598 e. The quantitative estimate of drug-likeness (QED) is 0.815. The summed E-state index contributed by atoms with van der Waals surface area (Å²) in [4.78, 5) is 4.68. The number of aromatic nitrogens is 1. The number of hydrogen-bond acceptors (Lipinski definition) is 5. The summed E-state index contributed by atoms with van der Waals surface area (Å²) >= 11 is 5.64. The van der Waals surface area contributed by atoms with Crippen LogP contribution in [0.15, 0.2) is 24.4 Å². The fourth-order valence-corrected chi connectivity index (χ4v) is 3.54. The third-order valence-corrected chi connectivity index (χ3v) is 5.57. The molecule has 4 nitrogen and oxygen atoms in total. The average Bonchev–Trinajstić information content (AvgIpc) is 2.82. The normalized spacial score (nSPS) is 14.8. The van der Waals surface area contributed by atoms with Crippen molar-refractivity contribution >= 4 is 39.4 Å². The van der Waals surface area contributed by atoms with Gasteiger partial charge in [0.2, 0.25) is 0 Å². The molecule has 0 bridgehead atoms. The zero-order chi connectivity index (χ0) is 16.5. The largest absolute Gasteiger partial charge is 0.598 e. The molecule has 120 valence electrons. The summed E-state index contributed by atoms with van der Waals surface area (Å²) in [6, 6.07) is 3.80. The van der Waals surface area contributed by atoms with Crippen molar-refractivity contribution < 1.29 is 8.94 Å². The summed E-state index contributed by atoms with van der Waals surface area (Å²) in [6.07, 6.45) is 1.56. The zero-order valence-corrected chi connectivity index (χ0v) is 14.8. The summed E-state index contributed by atoms with van der Waals surface area (Å²) in [5, 5.41) is 0.679. The van der Waals surface area contributed by atoms with Gasteiger partial charge in [-0.1, -0.05) is 17.7 Å². The Bertz CT molecular complexity index is 660. The highest BCUT2D eigenvalue weighted by atomic mass is 35.5. The Kier molecular flexibility index (Phi) is 5.34. The molecule has 2 unspecified atom stereocenters. The molecule has 8 heteroatoms. The van der Waals surface area contributed by atoms with Crippen LogP contribution in [0.5, 0.6) is 0 Å². The summed E-state index contributed by atoms with van der Waals surface area (Å²) in [6.45, 7) is 5.52. The highest BCUT2D eigenvalue weighted by molar-refractivity contribution is 7.90. The molecule has 0 radical (unpaired) electrons. The van der Waals surface area contributed by atoms with Crippen molar-refractivity contribution in [3.63, 3.8) is 0 Å². The number of halogens is 2. The minimum atomic E-state index is -1.38. The standard InChI is InChI=1S/C14H17ClFN3OS2/c1-14(2,3)22(20)19-12(11-7-18-13(17)21-11)9-5-4-8(15)6-10(9)16/h4-7,12,19H,1-3H3,(H2,17,18). The maximum Gasteiger partial charge on any atom is 0.180 e. The lowest BCUT2D eigenvalue weighted by Crippen LogP contribution is -2.41. The molecule has 1 heterocycles. The van der Waals surface area contributed by atoms with E-state index in [0.717, 1.165) is 0 Å². The van der Waals surface area contributed by atoms with Crippen LogP contribution in [-0.2, 0) is 11.4 Å². The van der Waals surface area contributed by atoms with Crippen molar-refractivity contribution in [2.45, 2.75) is 31.6 Å². The molecule has 22 heavy (non-hydrogen) atoms. The molecule has 0 spiro atoms. The van der Waals surface area contributed by atoms with E-state index in [1.807, 2.05) is 20.8 Å². The Hall–Kier alpha value is -0.860. The van der Waals surface area contributed by atoms with Gasteiger partial charge in [-0.15, -0.1) is 16.1 Å². The number of nitrogens with zero attached hydrogens (tertiary/aromatic N) is 1. The molecule has 2 rings (SSSR count). The number of thiazole rings is 1. The monoisotopic (exact) mass is 361 g/mol. The van der Waals surface area contributed by atoms with Crippen molar-refractivity contribution in [2.75, 3.05) is 5.73 Å². The van der Waals surface area contributed by atoms with Gasteiger partial charge in [0.1, 0.15) is 16.6 Å². The van der Waals surface area contributed by atoms with E-state index in [4.69, 9.17) is 17.3 Å². The topological polar surface area (TPSA) is 74.0 Å². The van der Waals surface area contributed by atoms with E-state index < -0.39 is 28.0 Å². The number of rotatable bonds is 4. The van der Waals surface area contributed by atoms with Crippen LogP contribution in [0.25, 0.3) is 0 Å². The number of nitrogen functional groups attached to an aromatic ring is 1. The maximum atomic E-state index is 14.3. The highest BCUT2D eigenvalue weighted by Crippen LogP contribution is 2.32. The van der Waals surface area contributed by atoms with Gasteiger partial charge in [0.25, 0.3) is 0 Å². The first-order valence-electron chi connectivity index (χ1n) is 6.52. The Morgan fingerprint density at radius 1 is 1.45 bits per heavy atom. The van der Waals surface area contributed by atoms with Gasteiger partial charge >= 0.3 is 0 Å². The van der Waals surface area contributed by atoms with Crippen molar-refractivity contribution in [1.82, 2.24) is 9.71 Å². The van der Waals surface area contributed by atoms with E-state index in [2.05, 4.69) is 9.71 Å². The lowest BCUT2D eigenvalue weighted by molar-refractivity contribution is 0.530. The third-order valence-electron chi connectivity index (χ3n) is 2.88. The van der Waals surface area contributed by atoms with Gasteiger partial charge in [-0.2, -0.15) is 0 Å². The Morgan fingerprint density at radius 2 is 2.14 bits per heavy atom. The van der Waals surface area contributed by atoms with Crippen LogP contribution in [-0.4, -0.2) is 14.3 Å². The second-order valence-electron chi connectivity index (χ2n) is 5.70. The maximum absolute atomic E-state index is 14.3. The molecule has 2 atom stereocenters. The molecular formula is C14H17ClFN3OS2. The molecule has 2 aromatic rings. The van der Waals surface area contributed by atoms with Gasteiger partial charge in [-0.3, -0.25) is 0 Å². The lowest BCUT2D eigenvalue weighted by Gasteiger charge is -2.27. The molecule has 0 aliphatic carbocycles. The SMILES string of the molecule is CC(C)(C)[S+]([O-])NC(c1cnc(N)s1)c1ccc(Cl)cc1F. The summed E-state index contributed by atoms with van der Waals surface area (Å²) < 4.78 is 29.2. The predicted molar refractivity (Wildman–Crippen MR) is 90.8 cm³/mol. The molecule has 0 aliphatic rings. The van der Waals surface area contributed by atoms with Crippen molar-refractivity contribution in [3.05, 3.63) is 45.7 Å². The first kappa shape index (κ1) is 17.5. The van der Waals surface area contributed by atoms with E-state index in [-0.39, 0.29) is 0 Å². The number of nitrogens with one attached hydrogen (secondary N) is 1. The van der Waals surface area contributed by atoms with E-state index in [1.54, 1.807) is 18.3 Å². The van der Waals surface area contributed by atoms with Gasteiger partial charge in [-0.05, 0) is 32.9 Å². The Labute approximate surface area is 141 Å². The first-order valence-corrected chi connectivity index (χ1v) is 8.87. The molecule has 1 aromatic heterocycles. The van der Waals surface area contributed by atoms with Crippen LogP contribution in [0.4, 0.5) is 9.52 Å². The molecule has 0 aliphatic heterocycles. The molecule has 0 amide bonds. The van der Waals surface area contributed by atoms with Gasteiger partial charge < -0.3 is 10.3 Å². The van der Waals surface area contributed by atoms with Crippen LogP contribution in [0.1, 0.15) is 37.3 Å². The van der Waals surface area contributed by atoms with Crippen molar-refractivity contribution in [2.24, 2.45) is 0 Å². The van der Waals surface area contributed by atoms with Crippen molar-refractivity contribution in [3.8, 4) is 0 Å². The molecule has 3 N–H and O–H groups in total. The van der Waals surface area contributed by atoms with E-state index in [1.165, 1.54) is 17.4 Å². The van der Waals surface area contributed by atoms with E-state index in [0.29, 0.717) is 20.6 Å². The second kappa shape index (κ2) is 6.72. The zero-order valence-electron chi connectivity index (χ0n) is 12.4. The van der Waals surface area contributed by atoms with E-state index in [9.17, 15) is 8.94 Å². The summed E-state index contributed by atoms with van der Waals surface area (Å²) in [5.41, 5.74) is 6.01. The fourth-order valence-electron chi connectivity index (χ4n) is 1.73. The molecule has 1 aromatic carbocycles. The fraction of sp³-hybridized carbons (Fsp3) is 0.357. The van der Waals surface area contributed by atoms with Gasteiger partial charge in [0.05, 0.1) is 4.88 Å². The van der Waals surface area contributed by atoms with Crippen LogP contribution in [0, 0.1) is 5.82 Å². The highest BCUT2D eigenvalue weighted by Gasteiger charge is 2.32. The minimum absolute atomic E-state index is 0.306. The van der Waals surface area contributed by atoms with Gasteiger partial charge in [0.15, 0.2) is 5.13 Å². The molecule has 0 saturated heterocycles. The molecule has 0 fully saturated rings. The van der Waals surface area contributed by atoms with E-state index >= 15 is 0 Å². The Morgan fingerprint density at radius 3 is 2.64 bits per heavy atom. The third kappa shape index (κ3) is 4.11. The molecule has 0 saturated carbocycles. The Balaban J connectivity index is 2.41.